The van der Waals surface area contributed by atoms with Gasteiger partial charge in [0.05, 0.1) is 0 Å². The lowest BCUT2D eigenvalue weighted by Gasteiger charge is -2.16. The molecule has 0 aliphatic rings. The molecular weight excluding hydrogens is 346 g/mol. The molecule has 0 bridgehead atoms. The Morgan fingerprint density at radius 2 is 1.37 bits per heavy atom. The summed E-state index contributed by atoms with van der Waals surface area (Å²) in [6.45, 7) is 1.59. The summed E-state index contributed by atoms with van der Waals surface area (Å²) in [6.07, 6.45) is 0.110. The molecule has 6 heteroatoms. The lowest BCUT2D eigenvalue weighted by molar-refractivity contribution is -0.150. The predicted octanol–water partition coefficient (Wildman–Crippen LogP) is 2.76. The van der Waals surface area contributed by atoms with E-state index in [1.54, 1.807) is 0 Å². The van der Waals surface area contributed by atoms with Crippen LogP contribution >= 0.6 is 0 Å². The number of carbonyl (C=O) groups is 3. The minimum absolute atomic E-state index is 0.00177. The Hall–Kier alpha value is -3.15. The second-order valence-electron chi connectivity index (χ2n) is 6.03. The number of rotatable bonds is 9. The van der Waals surface area contributed by atoms with Crippen LogP contribution < -0.4 is 5.32 Å². The van der Waals surface area contributed by atoms with E-state index >= 15 is 0 Å². The molecule has 0 radical (unpaired) electrons. The normalized spacial score (nSPS) is 11.3. The lowest BCUT2D eigenvalue weighted by atomic mass is 10.1. The molecule has 0 fully saturated rings. The minimum Gasteiger partial charge on any atom is -0.461 e. The van der Waals surface area contributed by atoms with Gasteiger partial charge in [0, 0.05) is 13.3 Å². The van der Waals surface area contributed by atoms with Crippen molar-refractivity contribution in [3.05, 3.63) is 71.8 Å². The van der Waals surface area contributed by atoms with Crippen LogP contribution in [0.4, 0.5) is 0 Å². The Morgan fingerprint density at radius 3 is 1.89 bits per heavy atom. The fourth-order valence-corrected chi connectivity index (χ4v) is 2.40. The molecular formula is C21H23NO5. The molecule has 1 unspecified atom stereocenters. The third-order valence-corrected chi connectivity index (χ3v) is 3.77. The van der Waals surface area contributed by atoms with Crippen molar-refractivity contribution in [2.45, 2.75) is 39.0 Å². The second kappa shape index (κ2) is 10.8. The number of amides is 1. The number of hydrogen-bond donors (Lipinski definition) is 1. The van der Waals surface area contributed by atoms with Crippen molar-refractivity contribution in [3.63, 3.8) is 0 Å². The number of hydrogen-bond acceptors (Lipinski definition) is 5. The van der Waals surface area contributed by atoms with Crippen LogP contribution in [0, 0.1) is 0 Å². The van der Waals surface area contributed by atoms with E-state index in [4.69, 9.17) is 9.47 Å². The van der Waals surface area contributed by atoms with E-state index in [0.717, 1.165) is 11.1 Å². The Kier molecular flexibility index (Phi) is 8.03. The highest BCUT2D eigenvalue weighted by molar-refractivity contribution is 5.83. The Morgan fingerprint density at radius 1 is 0.852 bits per heavy atom. The molecule has 0 aliphatic carbocycles. The van der Waals surface area contributed by atoms with Crippen molar-refractivity contribution < 1.29 is 23.9 Å². The Labute approximate surface area is 158 Å². The monoisotopic (exact) mass is 369 g/mol. The number of nitrogens with one attached hydrogen (secondary N) is 1. The van der Waals surface area contributed by atoms with Crippen LogP contribution in [-0.2, 0) is 37.1 Å². The van der Waals surface area contributed by atoms with E-state index in [0.29, 0.717) is 0 Å². The maximum absolute atomic E-state index is 12.3. The highest BCUT2D eigenvalue weighted by atomic mass is 16.5. The number of esters is 2. The standard InChI is InChI=1S/C21H23NO5/c1-16(23)22-19(21(25)27-15-18-10-6-3-7-11-18)12-13-20(24)26-14-17-8-4-2-5-9-17/h2-11,19H,12-15H2,1H3,(H,22,23). The summed E-state index contributed by atoms with van der Waals surface area (Å²) in [7, 11) is 0. The predicted molar refractivity (Wildman–Crippen MR) is 99.3 cm³/mol. The van der Waals surface area contributed by atoms with Crippen LogP contribution in [0.15, 0.2) is 60.7 Å². The first-order valence-corrected chi connectivity index (χ1v) is 8.72. The van der Waals surface area contributed by atoms with Crippen LogP contribution in [0.2, 0.25) is 0 Å². The zero-order chi connectivity index (χ0) is 19.5. The summed E-state index contributed by atoms with van der Waals surface area (Å²) in [5.74, 6) is -1.38. The van der Waals surface area contributed by atoms with Crippen molar-refractivity contribution in [2.24, 2.45) is 0 Å². The number of ether oxygens (including phenoxy) is 2. The van der Waals surface area contributed by atoms with Crippen molar-refractivity contribution in [1.82, 2.24) is 5.32 Å². The van der Waals surface area contributed by atoms with E-state index in [-0.39, 0.29) is 32.0 Å². The van der Waals surface area contributed by atoms with Gasteiger partial charge in [0.15, 0.2) is 0 Å². The van der Waals surface area contributed by atoms with Gasteiger partial charge in [-0.25, -0.2) is 4.79 Å². The first kappa shape index (κ1) is 20.2. The maximum atomic E-state index is 12.3. The largest absolute Gasteiger partial charge is 0.461 e. The molecule has 27 heavy (non-hydrogen) atoms. The summed E-state index contributed by atoms with van der Waals surface area (Å²) in [5.41, 5.74) is 1.72. The minimum atomic E-state index is -0.893. The van der Waals surface area contributed by atoms with Crippen molar-refractivity contribution in [2.75, 3.05) is 0 Å². The molecule has 0 spiro atoms. The van der Waals surface area contributed by atoms with Gasteiger partial charge in [0.2, 0.25) is 5.91 Å². The maximum Gasteiger partial charge on any atom is 0.328 e. The van der Waals surface area contributed by atoms with Gasteiger partial charge in [-0.15, -0.1) is 0 Å². The Bertz CT molecular complexity index is 746. The molecule has 0 heterocycles. The first-order valence-electron chi connectivity index (χ1n) is 8.72. The molecule has 0 saturated carbocycles. The van der Waals surface area contributed by atoms with Crippen LogP contribution in [0.25, 0.3) is 0 Å². The lowest BCUT2D eigenvalue weighted by Crippen LogP contribution is -2.41. The molecule has 0 aromatic heterocycles. The second-order valence-corrected chi connectivity index (χ2v) is 6.03. The van der Waals surface area contributed by atoms with E-state index < -0.39 is 18.0 Å². The Balaban J connectivity index is 1.81. The SMILES string of the molecule is CC(=O)NC(CCC(=O)OCc1ccccc1)C(=O)OCc1ccccc1. The quantitative estimate of drug-likeness (QED) is 0.688. The van der Waals surface area contributed by atoms with Gasteiger partial charge < -0.3 is 14.8 Å². The van der Waals surface area contributed by atoms with Crippen molar-refractivity contribution in [1.29, 1.82) is 0 Å². The van der Waals surface area contributed by atoms with E-state index in [1.807, 2.05) is 60.7 Å². The van der Waals surface area contributed by atoms with E-state index in [1.165, 1.54) is 6.92 Å². The summed E-state index contributed by atoms with van der Waals surface area (Å²) in [4.78, 5) is 35.5. The summed E-state index contributed by atoms with van der Waals surface area (Å²) < 4.78 is 10.4. The molecule has 1 amide bonds. The summed E-state index contributed by atoms with van der Waals surface area (Å²) in [5, 5.41) is 2.52. The fourth-order valence-electron chi connectivity index (χ4n) is 2.40. The van der Waals surface area contributed by atoms with Gasteiger partial charge in [0.25, 0.3) is 0 Å². The molecule has 142 valence electrons. The first-order chi connectivity index (χ1) is 13.0. The molecule has 2 aromatic rings. The van der Waals surface area contributed by atoms with Gasteiger partial charge in [-0.3, -0.25) is 9.59 Å². The highest BCUT2D eigenvalue weighted by Crippen LogP contribution is 2.08. The number of carbonyl (C=O) groups excluding carboxylic acids is 3. The topological polar surface area (TPSA) is 81.7 Å². The van der Waals surface area contributed by atoms with Gasteiger partial charge in [-0.1, -0.05) is 60.7 Å². The van der Waals surface area contributed by atoms with Gasteiger partial charge >= 0.3 is 11.9 Å². The van der Waals surface area contributed by atoms with E-state index in [2.05, 4.69) is 5.32 Å². The van der Waals surface area contributed by atoms with Crippen LogP contribution in [0.5, 0.6) is 0 Å². The zero-order valence-corrected chi connectivity index (χ0v) is 15.2. The number of benzene rings is 2. The van der Waals surface area contributed by atoms with Crippen LogP contribution in [-0.4, -0.2) is 23.9 Å². The highest BCUT2D eigenvalue weighted by Gasteiger charge is 2.22. The zero-order valence-electron chi connectivity index (χ0n) is 15.2. The third kappa shape index (κ3) is 7.73. The molecule has 2 rings (SSSR count). The fraction of sp³-hybridized carbons (Fsp3) is 0.286. The average Bonchev–Trinajstić information content (AvgIpc) is 2.69. The van der Waals surface area contributed by atoms with Crippen molar-refractivity contribution >= 4 is 17.8 Å². The molecule has 1 atom stereocenters. The molecule has 2 aromatic carbocycles. The van der Waals surface area contributed by atoms with Gasteiger partial charge in [0.1, 0.15) is 19.3 Å². The smallest absolute Gasteiger partial charge is 0.328 e. The third-order valence-electron chi connectivity index (χ3n) is 3.77. The summed E-state index contributed by atoms with van der Waals surface area (Å²) >= 11 is 0. The molecule has 6 nitrogen and oxygen atoms in total. The van der Waals surface area contributed by atoms with Crippen LogP contribution in [0.3, 0.4) is 0 Å². The van der Waals surface area contributed by atoms with E-state index in [9.17, 15) is 14.4 Å². The van der Waals surface area contributed by atoms with Gasteiger partial charge in [-0.2, -0.15) is 0 Å². The molecule has 1 N–H and O–H groups in total. The molecule has 0 aliphatic heterocycles. The average molecular weight is 369 g/mol. The molecule has 0 saturated heterocycles. The van der Waals surface area contributed by atoms with Gasteiger partial charge in [-0.05, 0) is 17.5 Å². The summed E-state index contributed by atoms with van der Waals surface area (Å²) in [6, 6.07) is 17.6. The van der Waals surface area contributed by atoms with Crippen molar-refractivity contribution in [3.8, 4) is 0 Å². The van der Waals surface area contributed by atoms with Crippen LogP contribution in [0.1, 0.15) is 30.9 Å².